The lowest BCUT2D eigenvalue weighted by Crippen LogP contribution is -2.08. The molecular formula is C13H14ClN3O. The molecule has 18 heavy (non-hydrogen) atoms. The van der Waals surface area contributed by atoms with Crippen molar-refractivity contribution in [3.05, 3.63) is 47.0 Å². The van der Waals surface area contributed by atoms with Crippen LogP contribution in [0.2, 0.25) is 5.02 Å². The molecule has 2 rings (SSSR count). The van der Waals surface area contributed by atoms with Gasteiger partial charge in [-0.15, -0.1) is 0 Å². The van der Waals surface area contributed by atoms with Gasteiger partial charge in [-0.25, -0.2) is 0 Å². The summed E-state index contributed by atoms with van der Waals surface area (Å²) in [7, 11) is 0. The van der Waals surface area contributed by atoms with E-state index in [1.54, 1.807) is 12.1 Å². The molecule has 0 amide bonds. The van der Waals surface area contributed by atoms with Gasteiger partial charge in [0.1, 0.15) is 5.69 Å². The van der Waals surface area contributed by atoms with E-state index >= 15 is 0 Å². The summed E-state index contributed by atoms with van der Waals surface area (Å²) in [5, 5.41) is 4.86. The Morgan fingerprint density at radius 2 is 2.17 bits per heavy atom. The SMILES string of the molecule is CC(C)n1ccc(CC(=O)c2ccc(Cl)cn2)n1. The number of Topliss-reactive ketones (excluding diaryl/α,β-unsaturated/α-hetero) is 1. The second kappa shape index (κ2) is 5.31. The van der Waals surface area contributed by atoms with E-state index in [1.165, 1.54) is 6.20 Å². The van der Waals surface area contributed by atoms with E-state index in [-0.39, 0.29) is 12.2 Å². The molecule has 0 aliphatic carbocycles. The van der Waals surface area contributed by atoms with Gasteiger partial charge in [0.2, 0.25) is 0 Å². The zero-order valence-corrected chi connectivity index (χ0v) is 11.1. The zero-order valence-electron chi connectivity index (χ0n) is 10.3. The molecule has 0 unspecified atom stereocenters. The number of pyridine rings is 1. The standard InChI is InChI=1S/C13H14ClN3O/c1-9(2)17-6-5-11(16-17)7-13(18)12-4-3-10(14)8-15-12/h3-6,8-9H,7H2,1-2H3. The Kier molecular flexibility index (Phi) is 3.77. The van der Waals surface area contributed by atoms with Gasteiger partial charge < -0.3 is 0 Å². The van der Waals surface area contributed by atoms with Crippen LogP contribution in [0, 0.1) is 0 Å². The van der Waals surface area contributed by atoms with Crippen molar-refractivity contribution in [1.29, 1.82) is 0 Å². The molecule has 2 aromatic heterocycles. The number of hydrogen-bond acceptors (Lipinski definition) is 3. The lowest BCUT2D eigenvalue weighted by Gasteiger charge is -2.03. The molecule has 0 radical (unpaired) electrons. The van der Waals surface area contributed by atoms with Crippen LogP contribution in [0.4, 0.5) is 0 Å². The first-order valence-corrected chi connectivity index (χ1v) is 6.13. The third-order valence-corrected chi connectivity index (χ3v) is 2.77. The predicted octanol–water partition coefficient (Wildman–Crippen LogP) is 2.94. The third-order valence-electron chi connectivity index (χ3n) is 2.55. The van der Waals surface area contributed by atoms with Crippen molar-refractivity contribution in [1.82, 2.24) is 14.8 Å². The van der Waals surface area contributed by atoms with Gasteiger partial charge in [-0.3, -0.25) is 14.5 Å². The van der Waals surface area contributed by atoms with Crippen molar-refractivity contribution in [3.63, 3.8) is 0 Å². The highest BCUT2D eigenvalue weighted by Crippen LogP contribution is 2.10. The first kappa shape index (κ1) is 12.8. The molecule has 2 aromatic rings. The molecule has 94 valence electrons. The molecule has 0 aromatic carbocycles. The summed E-state index contributed by atoms with van der Waals surface area (Å²) in [5.74, 6) is -0.0549. The molecule has 5 heteroatoms. The minimum atomic E-state index is -0.0549. The van der Waals surface area contributed by atoms with Crippen LogP contribution in [-0.4, -0.2) is 20.5 Å². The summed E-state index contributed by atoms with van der Waals surface area (Å²) in [5.41, 5.74) is 1.17. The molecule has 0 bridgehead atoms. The Labute approximate surface area is 111 Å². The van der Waals surface area contributed by atoms with E-state index in [2.05, 4.69) is 10.1 Å². The summed E-state index contributed by atoms with van der Waals surface area (Å²) >= 11 is 5.73. The van der Waals surface area contributed by atoms with Gasteiger partial charge in [-0.1, -0.05) is 11.6 Å². The number of rotatable bonds is 4. The minimum absolute atomic E-state index is 0.0549. The number of carbonyl (C=O) groups is 1. The smallest absolute Gasteiger partial charge is 0.187 e. The lowest BCUT2D eigenvalue weighted by atomic mass is 10.1. The van der Waals surface area contributed by atoms with Gasteiger partial charge in [0.15, 0.2) is 5.78 Å². The normalized spacial score (nSPS) is 10.9. The maximum atomic E-state index is 11.9. The average Bonchev–Trinajstić information content (AvgIpc) is 2.78. The topological polar surface area (TPSA) is 47.8 Å². The first-order valence-electron chi connectivity index (χ1n) is 5.75. The molecule has 0 saturated carbocycles. The summed E-state index contributed by atoms with van der Waals surface area (Å²) in [4.78, 5) is 15.9. The second-order valence-electron chi connectivity index (χ2n) is 4.34. The Morgan fingerprint density at radius 1 is 1.39 bits per heavy atom. The van der Waals surface area contributed by atoms with E-state index in [1.807, 2.05) is 30.8 Å². The number of carbonyl (C=O) groups excluding carboxylic acids is 1. The van der Waals surface area contributed by atoms with E-state index in [0.29, 0.717) is 16.8 Å². The largest absolute Gasteiger partial charge is 0.292 e. The van der Waals surface area contributed by atoms with Gasteiger partial charge in [0.05, 0.1) is 17.1 Å². The van der Waals surface area contributed by atoms with Gasteiger partial charge in [0, 0.05) is 18.4 Å². The fourth-order valence-corrected chi connectivity index (χ4v) is 1.67. The van der Waals surface area contributed by atoms with Crippen molar-refractivity contribution < 1.29 is 4.79 Å². The highest BCUT2D eigenvalue weighted by molar-refractivity contribution is 6.30. The molecule has 0 aliphatic rings. The third kappa shape index (κ3) is 2.96. The van der Waals surface area contributed by atoms with Crippen LogP contribution in [0.15, 0.2) is 30.6 Å². The molecule has 0 aliphatic heterocycles. The van der Waals surface area contributed by atoms with Crippen molar-refractivity contribution >= 4 is 17.4 Å². The molecule has 0 saturated heterocycles. The van der Waals surface area contributed by atoms with Gasteiger partial charge >= 0.3 is 0 Å². The summed E-state index contributed by atoms with van der Waals surface area (Å²) < 4.78 is 1.83. The molecule has 0 N–H and O–H groups in total. The van der Waals surface area contributed by atoms with Crippen LogP contribution in [-0.2, 0) is 6.42 Å². The summed E-state index contributed by atoms with van der Waals surface area (Å²) in [6, 6.07) is 5.44. The predicted molar refractivity (Wildman–Crippen MR) is 69.9 cm³/mol. The first-order chi connectivity index (χ1) is 8.56. The molecule has 0 spiro atoms. The van der Waals surface area contributed by atoms with Crippen LogP contribution in [0.25, 0.3) is 0 Å². The van der Waals surface area contributed by atoms with E-state index in [4.69, 9.17) is 11.6 Å². The Balaban J connectivity index is 2.08. The fourth-order valence-electron chi connectivity index (χ4n) is 1.56. The van der Waals surface area contributed by atoms with Gasteiger partial charge in [-0.2, -0.15) is 5.10 Å². The highest BCUT2D eigenvalue weighted by atomic mass is 35.5. The Bertz CT molecular complexity index is 546. The van der Waals surface area contributed by atoms with E-state index < -0.39 is 0 Å². The van der Waals surface area contributed by atoms with Crippen LogP contribution in [0.1, 0.15) is 36.1 Å². The number of nitrogens with zero attached hydrogens (tertiary/aromatic N) is 3. The summed E-state index contributed by atoms with van der Waals surface area (Å²) in [6.07, 6.45) is 3.61. The van der Waals surface area contributed by atoms with E-state index in [9.17, 15) is 4.79 Å². The summed E-state index contributed by atoms with van der Waals surface area (Å²) in [6.45, 7) is 4.08. The number of aromatic nitrogens is 3. The molecule has 2 heterocycles. The Hall–Kier alpha value is -1.68. The Morgan fingerprint density at radius 3 is 2.72 bits per heavy atom. The van der Waals surface area contributed by atoms with Crippen molar-refractivity contribution in [2.45, 2.75) is 26.3 Å². The average molecular weight is 264 g/mol. The van der Waals surface area contributed by atoms with Gasteiger partial charge in [-0.05, 0) is 32.0 Å². The highest BCUT2D eigenvalue weighted by Gasteiger charge is 2.11. The quantitative estimate of drug-likeness (QED) is 0.797. The van der Waals surface area contributed by atoms with E-state index in [0.717, 1.165) is 5.69 Å². The fraction of sp³-hybridized carbons (Fsp3) is 0.308. The van der Waals surface area contributed by atoms with Crippen molar-refractivity contribution in [2.24, 2.45) is 0 Å². The number of ketones is 1. The maximum Gasteiger partial charge on any atom is 0.187 e. The lowest BCUT2D eigenvalue weighted by molar-refractivity contribution is 0.0987. The van der Waals surface area contributed by atoms with Crippen molar-refractivity contribution in [2.75, 3.05) is 0 Å². The van der Waals surface area contributed by atoms with Crippen molar-refractivity contribution in [3.8, 4) is 0 Å². The second-order valence-corrected chi connectivity index (χ2v) is 4.78. The van der Waals surface area contributed by atoms with Crippen LogP contribution in [0.3, 0.4) is 0 Å². The van der Waals surface area contributed by atoms with Crippen LogP contribution >= 0.6 is 11.6 Å². The molecule has 4 nitrogen and oxygen atoms in total. The molecular weight excluding hydrogens is 250 g/mol. The van der Waals surface area contributed by atoms with Crippen LogP contribution < -0.4 is 0 Å². The zero-order chi connectivity index (χ0) is 13.1. The maximum absolute atomic E-state index is 11.9. The number of halogens is 1. The van der Waals surface area contributed by atoms with Gasteiger partial charge in [0.25, 0.3) is 0 Å². The minimum Gasteiger partial charge on any atom is -0.292 e. The van der Waals surface area contributed by atoms with Crippen LogP contribution in [0.5, 0.6) is 0 Å². The monoisotopic (exact) mass is 263 g/mol. The molecule has 0 fully saturated rings. The molecule has 0 atom stereocenters. The number of hydrogen-bond donors (Lipinski definition) is 0.